The lowest BCUT2D eigenvalue weighted by Crippen LogP contribution is -2.45. The summed E-state index contributed by atoms with van der Waals surface area (Å²) >= 11 is 0.747. The minimum Gasteiger partial charge on any atom is -0.493 e. The van der Waals surface area contributed by atoms with Crippen molar-refractivity contribution in [3.63, 3.8) is 0 Å². The Kier molecular flexibility index (Phi) is 8.11. The second kappa shape index (κ2) is 11.0. The summed E-state index contributed by atoms with van der Waals surface area (Å²) in [5, 5.41) is 8.06. The maximum absolute atomic E-state index is 13.3. The Balaban J connectivity index is 1.86. The number of benzene rings is 2. The molecule has 1 N–H and O–H groups in total. The summed E-state index contributed by atoms with van der Waals surface area (Å²) in [6.07, 6.45) is 0.630. The van der Waals surface area contributed by atoms with Gasteiger partial charge in [0.2, 0.25) is 11.0 Å². The van der Waals surface area contributed by atoms with Crippen LogP contribution < -0.4 is 9.47 Å². The topological polar surface area (TPSA) is 110 Å². The zero-order chi connectivity index (χ0) is 24.0. The Morgan fingerprint density at radius 1 is 1.03 bits per heavy atom. The van der Waals surface area contributed by atoms with Crippen LogP contribution in [0.2, 0.25) is 0 Å². The summed E-state index contributed by atoms with van der Waals surface area (Å²) in [6, 6.07) is 12.2. The van der Waals surface area contributed by atoms with Crippen LogP contribution in [0, 0.1) is 0 Å². The highest BCUT2D eigenvalue weighted by atomic mass is 32.2. The number of carbonyl (C=O) groups excluding carboxylic acids is 3. The van der Waals surface area contributed by atoms with Crippen molar-refractivity contribution in [1.82, 2.24) is 4.90 Å². The number of ether oxygens (including phenoxy) is 2. The summed E-state index contributed by atoms with van der Waals surface area (Å²) in [5.74, 6) is -1.16. The fourth-order valence-electron chi connectivity index (χ4n) is 3.72. The predicted octanol–water partition coefficient (Wildman–Crippen LogP) is 3.29. The standard InChI is InChI=1S/C24H25NO7S/c1-31-19-11-10-16(13-20(19)32-2)18(26)14-21(33-24(30)15-7-4-3-5-8-15)22(27)25-12-6-9-17(25)23(28)29/h3-5,7-8,10-11,13,17,21H,6,9,12,14H2,1-2H3,(H,28,29)/t17-,21?/m0/s1. The first-order valence-electron chi connectivity index (χ1n) is 10.4. The number of likely N-dealkylation sites (tertiary alicyclic amines) is 1. The molecule has 3 rings (SSSR count). The van der Waals surface area contributed by atoms with Gasteiger partial charge < -0.3 is 19.5 Å². The molecule has 2 atom stereocenters. The highest BCUT2D eigenvalue weighted by Crippen LogP contribution is 2.31. The molecule has 1 saturated heterocycles. The lowest BCUT2D eigenvalue weighted by atomic mass is 10.0. The summed E-state index contributed by atoms with van der Waals surface area (Å²) in [6.45, 7) is 0.275. The Labute approximate surface area is 195 Å². The van der Waals surface area contributed by atoms with Gasteiger partial charge >= 0.3 is 5.97 Å². The highest BCUT2D eigenvalue weighted by Gasteiger charge is 2.39. The van der Waals surface area contributed by atoms with Gasteiger partial charge in [0.15, 0.2) is 17.3 Å². The van der Waals surface area contributed by atoms with Gasteiger partial charge in [-0.2, -0.15) is 0 Å². The molecular formula is C24H25NO7S. The SMILES string of the molecule is COc1ccc(C(=O)CC(SC(=O)c2ccccc2)C(=O)N2CCC[C@H]2C(=O)O)cc1OC. The van der Waals surface area contributed by atoms with E-state index in [1.165, 1.54) is 25.2 Å². The number of hydrogen-bond donors (Lipinski definition) is 1. The van der Waals surface area contributed by atoms with E-state index in [9.17, 15) is 24.3 Å². The molecule has 0 aliphatic carbocycles. The van der Waals surface area contributed by atoms with Crippen LogP contribution in [-0.4, -0.2) is 64.8 Å². The Morgan fingerprint density at radius 2 is 1.73 bits per heavy atom. The number of aliphatic carboxylic acids is 1. The van der Waals surface area contributed by atoms with Crippen LogP contribution in [0.3, 0.4) is 0 Å². The smallest absolute Gasteiger partial charge is 0.326 e. The summed E-state index contributed by atoms with van der Waals surface area (Å²) in [4.78, 5) is 52.1. The highest BCUT2D eigenvalue weighted by molar-refractivity contribution is 8.15. The van der Waals surface area contributed by atoms with Crippen LogP contribution in [0.5, 0.6) is 11.5 Å². The first-order valence-corrected chi connectivity index (χ1v) is 11.3. The van der Waals surface area contributed by atoms with Crippen molar-refractivity contribution in [3.8, 4) is 11.5 Å². The van der Waals surface area contributed by atoms with Crippen LogP contribution in [0.4, 0.5) is 0 Å². The van der Waals surface area contributed by atoms with Gasteiger partial charge in [-0.25, -0.2) is 4.79 Å². The average Bonchev–Trinajstić information content (AvgIpc) is 3.33. The Morgan fingerprint density at radius 3 is 2.36 bits per heavy atom. The van der Waals surface area contributed by atoms with Gasteiger partial charge in [0.25, 0.3) is 0 Å². The fraction of sp³-hybridized carbons (Fsp3) is 0.333. The number of ketones is 1. The number of carboxylic acid groups (broad SMARTS) is 1. The van der Waals surface area contributed by atoms with E-state index < -0.39 is 23.2 Å². The molecule has 0 bridgehead atoms. The number of methoxy groups -OCH3 is 2. The lowest BCUT2D eigenvalue weighted by Gasteiger charge is -2.26. The number of thioether (sulfide) groups is 1. The van der Waals surface area contributed by atoms with Crippen LogP contribution in [0.15, 0.2) is 48.5 Å². The number of rotatable bonds is 9. The summed E-state index contributed by atoms with van der Waals surface area (Å²) < 4.78 is 10.4. The molecule has 174 valence electrons. The summed E-state index contributed by atoms with van der Waals surface area (Å²) in [5.41, 5.74) is 0.699. The fourth-order valence-corrected chi connectivity index (χ4v) is 4.72. The molecule has 0 spiro atoms. The molecule has 1 amide bonds. The third-order valence-corrected chi connectivity index (χ3v) is 6.53. The number of carbonyl (C=O) groups is 4. The molecule has 1 aliphatic heterocycles. The van der Waals surface area contributed by atoms with Gasteiger partial charge in [0.05, 0.1) is 19.5 Å². The summed E-state index contributed by atoms with van der Waals surface area (Å²) in [7, 11) is 2.93. The first-order chi connectivity index (χ1) is 15.8. The van der Waals surface area contributed by atoms with Crippen LogP contribution in [-0.2, 0) is 9.59 Å². The molecule has 8 nitrogen and oxygen atoms in total. The zero-order valence-corrected chi connectivity index (χ0v) is 19.2. The molecule has 2 aromatic carbocycles. The van der Waals surface area contributed by atoms with Crippen molar-refractivity contribution in [3.05, 3.63) is 59.7 Å². The van der Waals surface area contributed by atoms with E-state index in [0.29, 0.717) is 35.5 Å². The van der Waals surface area contributed by atoms with E-state index in [1.54, 1.807) is 42.5 Å². The molecule has 1 heterocycles. The normalized spacial score (nSPS) is 16.2. The van der Waals surface area contributed by atoms with E-state index >= 15 is 0 Å². The largest absolute Gasteiger partial charge is 0.493 e. The van der Waals surface area contributed by atoms with Gasteiger partial charge in [0, 0.05) is 24.1 Å². The third-order valence-electron chi connectivity index (χ3n) is 5.43. The lowest BCUT2D eigenvalue weighted by molar-refractivity contribution is -0.147. The third kappa shape index (κ3) is 5.73. The molecule has 33 heavy (non-hydrogen) atoms. The molecule has 1 unspecified atom stereocenters. The number of carboxylic acids is 1. The van der Waals surface area contributed by atoms with Crippen molar-refractivity contribution in [2.75, 3.05) is 20.8 Å². The van der Waals surface area contributed by atoms with E-state index in [1.807, 2.05) is 0 Å². The molecule has 2 aromatic rings. The van der Waals surface area contributed by atoms with Crippen molar-refractivity contribution < 1.29 is 33.8 Å². The Bertz CT molecular complexity index is 1040. The second-order valence-electron chi connectivity index (χ2n) is 7.48. The monoisotopic (exact) mass is 471 g/mol. The van der Waals surface area contributed by atoms with Crippen molar-refractivity contribution in [1.29, 1.82) is 0 Å². The minimum absolute atomic E-state index is 0.263. The van der Waals surface area contributed by atoms with E-state index in [0.717, 1.165) is 11.8 Å². The molecule has 1 fully saturated rings. The minimum atomic E-state index is -1.09. The van der Waals surface area contributed by atoms with E-state index in [-0.39, 0.29) is 23.9 Å². The predicted molar refractivity (Wildman–Crippen MR) is 123 cm³/mol. The van der Waals surface area contributed by atoms with Crippen molar-refractivity contribution in [2.45, 2.75) is 30.6 Å². The molecule has 0 saturated carbocycles. The second-order valence-corrected chi connectivity index (χ2v) is 8.66. The van der Waals surface area contributed by atoms with Gasteiger partial charge in [0.1, 0.15) is 6.04 Å². The quantitative estimate of drug-likeness (QED) is 0.555. The van der Waals surface area contributed by atoms with Crippen molar-refractivity contribution in [2.24, 2.45) is 0 Å². The number of Topliss-reactive ketones (excluding diaryl/α,β-unsaturated/α-hetero) is 1. The average molecular weight is 472 g/mol. The molecular weight excluding hydrogens is 446 g/mol. The maximum atomic E-state index is 13.3. The molecule has 1 aliphatic rings. The van der Waals surface area contributed by atoms with Gasteiger partial charge in [-0.15, -0.1) is 0 Å². The van der Waals surface area contributed by atoms with Crippen LogP contribution in [0.1, 0.15) is 40.0 Å². The first kappa shape index (κ1) is 24.3. The number of amides is 1. The zero-order valence-electron chi connectivity index (χ0n) is 18.4. The van der Waals surface area contributed by atoms with Crippen LogP contribution >= 0.6 is 11.8 Å². The van der Waals surface area contributed by atoms with Gasteiger partial charge in [-0.1, -0.05) is 42.1 Å². The molecule has 0 aromatic heterocycles. The van der Waals surface area contributed by atoms with Crippen molar-refractivity contribution >= 4 is 34.5 Å². The van der Waals surface area contributed by atoms with Crippen LogP contribution in [0.25, 0.3) is 0 Å². The van der Waals surface area contributed by atoms with E-state index in [2.05, 4.69) is 0 Å². The number of nitrogens with zero attached hydrogens (tertiary/aromatic N) is 1. The number of hydrogen-bond acceptors (Lipinski definition) is 7. The van der Waals surface area contributed by atoms with Gasteiger partial charge in [-0.05, 0) is 31.0 Å². The molecule has 0 radical (unpaired) electrons. The molecule has 9 heteroatoms. The van der Waals surface area contributed by atoms with Gasteiger partial charge in [-0.3, -0.25) is 14.4 Å². The maximum Gasteiger partial charge on any atom is 0.326 e. The van der Waals surface area contributed by atoms with E-state index in [4.69, 9.17) is 9.47 Å². The Hall–Kier alpha value is -3.33.